The first kappa shape index (κ1) is 17.5. The molecule has 2 aromatic rings. The summed E-state index contributed by atoms with van der Waals surface area (Å²) in [7, 11) is 0. The van der Waals surface area contributed by atoms with Crippen LogP contribution in [0.25, 0.3) is 0 Å². The monoisotopic (exact) mass is 402 g/mol. The molecule has 1 heterocycles. The Bertz CT molecular complexity index is 807. The number of ether oxygens (including phenoxy) is 1. The molecule has 130 valence electrons. The summed E-state index contributed by atoms with van der Waals surface area (Å²) in [6, 6.07) is 14.6. The molecule has 25 heavy (non-hydrogen) atoms. The van der Waals surface area contributed by atoms with E-state index in [4.69, 9.17) is 4.74 Å². The number of amides is 3. The molecule has 0 aromatic heterocycles. The number of nitrogens with zero attached hydrogens (tertiary/aromatic N) is 1. The molecule has 0 aliphatic carbocycles. The Morgan fingerprint density at radius 2 is 1.88 bits per heavy atom. The van der Waals surface area contributed by atoms with Crippen LogP contribution >= 0.6 is 15.9 Å². The minimum absolute atomic E-state index is 0.193. The SMILES string of the molecule is Cc1ccc([C@@]2(C)NC(=O)N(CCOc3cccc(Br)c3)C2=O)cc1. The van der Waals surface area contributed by atoms with Gasteiger partial charge in [-0.1, -0.05) is 51.8 Å². The predicted molar refractivity (Wildman–Crippen MR) is 98.4 cm³/mol. The van der Waals surface area contributed by atoms with E-state index in [0.29, 0.717) is 5.75 Å². The molecule has 1 aliphatic rings. The van der Waals surface area contributed by atoms with Gasteiger partial charge in [0.05, 0.1) is 6.54 Å². The molecule has 2 aromatic carbocycles. The molecule has 1 saturated heterocycles. The van der Waals surface area contributed by atoms with Crippen LogP contribution in [0.1, 0.15) is 18.1 Å². The summed E-state index contributed by atoms with van der Waals surface area (Å²) in [5.41, 5.74) is 0.829. The van der Waals surface area contributed by atoms with Crippen molar-refractivity contribution in [2.75, 3.05) is 13.2 Å². The minimum Gasteiger partial charge on any atom is -0.492 e. The lowest BCUT2D eigenvalue weighted by atomic mass is 9.91. The van der Waals surface area contributed by atoms with Gasteiger partial charge in [-0.05, 0) is 37.6 Å². The first-order valence-corrected chi connectivity index (χ1v) is 8.79. The smallest absolute Gasteiger partial charge is 0.325 e. The van der Waals surface area contributed by atoms with Crippen molar-refractivity contribution in [1.82, 2.24) is 10.2 Å². The summed E-state index contributed by atoms with van der Waals surface area (Å²) >= 11 is 3.38. The number of carbonyl (C=O) groups is 2. The molecule has 5 nitrogen and oxygen atoms in total. The summed E-state index contributed by atoms with van der Waals surface area (Å²) in [6.45, 7) is 4.14. The van der Waals surface area contributed by atoms with Crippen LogP contribution in [0.4, 0.5) is 4.79 Å². The van der Waals surface area contributed by atoms with Crippen molar-refractivity contribution in [3.8, 4) is 5.75 Å². The van der Waals surface area contributed by atoms with E-state index in [1.54, 1.807) is 6.92 Å². The molecule has 0 radical (unpaired) electrons. The van der Waals surface area contributed by atoms with Gasteiger partial charge in [0, 0.05) is 4.47 Å². The van der Waals surface area contributed by atoms with E-state index in [1.165, 1.54) is 4.90 Å². The third-order valence-electron chi connectivity index (χ3n) is 4.28. The van der Waals surface area contributed by atoms with E-state index in [2.05, 4.69) is 21.2 Å². The highest BCUT2D eigenvalue weighted by Crippen LogP contribution is 2.29. The Hall–Kier alpha value is -2.34. The highest BCUT2D eigenvalue weighted by molar-refractivity contribution is 9.10. The maximum atomic E-state index is 12.8. The lowest BCUT2D eigenvalue weighted by molar-refractivity contribution is -0.131. The number of hydrogen-bond donors (Lipinski definition) is 1. The van der Waals surface area contributed by atoms with E-state index >= 15 is 0 Å². The van der Waals surface area contributed by atoms with Crippen LogP contribution < -0.4 is 10.1 Å². The molecular weight excluding hydrogens is 384 g/mol. The Labute approximate surface area is 155 Å². The highest BCUT2D eigenvalue weighted by Gasteiger charge is 2.48. The number of nitrogens with one attached hydrogen (secondary N) is 1. The van der Waals surface area contributed by atoms with Crippen LogP contribution in [-0.4, -0.2) is 30.0 Å². The largest absolute Gasteiger partial charge is 0.492 e. The standard InChI is InChI=1S/C19H19BrN2O3/c1-13-6-8-14(9-7-13)19(2)17(23)22(18(24)21-19)10-11-25-16-5-3-4-15(20)12-16/h3-9,12H,10-11H2,1-2H3,(H,21,24)/t19-/m1/s1. The van der Waals surface area contributed by atoms with Gasteiger partial charge in [0.2, 0.25) is 0 Å². The maximum absolute atomic E-state index is 12.8. The highest BCUT2D eigenvalue weighted by atomic mass is 79.9. The molecule has 3 rings (SSSR count). The molecule has 1 aliphatic heterocycles. The van der Waals surface area contributed by atoms with Gasteiger partial charge in [-0.2, -0.15) is 0 Å². The van der Waals surface area contributed by atoms with E-state index in [-0.39, 0.29) is 19.1 Å². The maximum Gasteiger partial charge on any atom is 0.325 e. The fraction of sp³-hybridized carbons (Fsp3) is 0.263. The van der Waals surface area contributed by atoms with Crippen LogP contribution in [0.5, 0.6) is 5.75 Å². The third-order valence-corrected chi connectivity index (χ3v) is 4.78. The number of rotatable bonds is 5. The zero-order chi connectivity index (χ0) is 18.0. The van der Waals surface area contributed by atoms with Crippen LogP contribution in [0.2, 0.25) is 0 Å². The predicted octanol–water partition coefficient (Wildman–Crippen LogP) is 3.60. The van der Waals surface area contributed by atoms with Gasteiger partial charge < -0.3 is 10.1 Å². The molecule has 0 bridgehead atoms. The lowest BCUT2D eigenvalue weighted by Gasteiger charge is -2.22. The molecule has 1 atom stereocenters. The fourth-order valence-electron chi connectivity index (χ4n) is 2.79. The van der Waals surface area contributed by atoms with Crippen LogP contribution in [0.3, 0.4) is 0 Å². The zero-order valence-electron chi connectivity index (χ0n) is 14.1. The molecule has 3 amide bonds. The van der Waals surface area contributed by atoms with Crippen molar-refractivity contribution in [3.63, 3.8) is 0 Å². The molecule has 6 heteroatoms. The van der Waals surface area contributed by atoms with Gasteiger partial charge in [0.25, 0.3) is 5.91 Å². The van der Waals surface area contributed by atoms with Gasteiger partial charge >= 0.3 is 6.03 Å². The average Bonchev–Trinajstić information content (AvgIpc) is 2.79. The number of carbonyl (C=O) groups excluding carboxylic acids is 2. The minimum atomic E-state index is -1.04. The average molecular weight is 403 g/mol. The van der Waals surface area contributed by atoms with Crippen molar-refractivity contribution < 1.29 is 14.3 Å². The van der Waals surface area contributed by atoms with Gasteiger partial charge in [0.1, 0.15) is 17.9 Å². The third kappa shape index (κ3) is 3.54. The lowest BCUT2D eigenvalue weighted by Crippen LogP contribution is -2.41. The van der Waals surface area contributed by atoms with E-state index in [9.17, 15) is 9.59 Å². The zero-order valence-corrected chi connectivity index (χ0v) is 15.7. The number of halogens is 1. The van der Waals surface area contributed by atoms with Crippen molar-refractivity contribution in [1.29, 1.82) is 0 Å². The number of urea groups is 1. The fourth-order valence-corrected chi connectivity index (χ4v) is 3.17. The van der Waals surface area contributed by atoms with Gasteiger partial charge in [-0.15, -0.1) is 0 Å². The van der Waals surface area contributed by atoms with E-state index < -0.39 is 11.6 Å². The van der Waals surface area contributed by atoms with Crippen molar-refractivity contribution in [2.45, 2.75) is 19.4 Å². The van der Waals surface area contributed by atoms with Crippen LogP contribution in [-0.2, 0) is 10.3 Å². The number of benzene rings is 2. The summed E-state index contributed by atoms with van der Waals surface area (Å²) in [6.07, 6.45) is 0. The van der Waals surface area contributed by atoms with Gasteiger partial charge in [-0.3, -0.25) is 9.69 Å². The Balaban J connectivity index is 1.68. The summed E-state index contributed by atoms with van der Waals surface area (Å²) in [5, 5.41) is 2.80. The normalized spacial score (nSPS) is 19.9. The molecule has 1 N–H and O–H groups in total. The first-order valence-electron chi connectivity index (χ1n) is 8.00. The second-order valence-corrected chi connectivity index (χ2v) is 7.10. The number of hydrogen-bond acceptors (Lipinski definition) is 3. The molecule has 0 unspecified atom stereocenters. The van der Waals surface area contributed by atoms with Crippen LogP contribution in [0.15, 0.2) is 53.0 Å². The Morgan fingerprint density at radius 3 is 2.56 bits per heavy atom. The molecule has 0 spiro atoms. The number of imide groups is 1. The summed E-state index contributed by atoms with van der Waals surface area (Å²) < 4.78 is 6.54. The summed E-state index contributed by atoms with van der Waals surface area (Å²) in [5.74, 6) is 0.418. The van der Waals surface area contributed by atoms with E-state index in [0.717, 1.165) is 15.6 Å². The van der Waals surface area contributed by atoms with Crippen LogP contribution in [0, 0.1) is 6.92 Å². The second kappa shape index (κ2) is 6.88. The number of aryl methyl sites for hydroxylation is 1. The first-order chi connectivity index (χ1) is 11.9. The molecule has 1 fully saturated rings. The van der Waals surface area contributed by atoms with Crippen molar-refractivity contribution in [2.24, 2.45) is 0 Å². The Kier molecular flexibility index (Phi) is 4.81. The Morgan fingerprint density at radius 1 is 1.16 bits per heavy atom. The van der Waals surface area contributed by atoms with Crippen molar-refractivity contribution >= 4 is 27.9 Å². The topological polar surface area (TPSA) is 58.6 Å². The van der Waals surface area contributed by atoms with E-state index in [1.807, 2.05) is 55.5 Å². The molecular formula is C19H19BrN2O3. The van der Waals surface area contributed by atoms with Crippen molar-refractivity contribution in [3.05, 3.63) is 64.1 Å². The van der Waals surface area contributed by atoms with Gasteiger partial charge in [-0.25, -0.2) is 4.79 Å². The second-order valence-electron chi connectivity index (χ2n) is 6.18. The quantitative estimate of drug-likeness (QED) is 0.777. The summed E-state index contributed by atoms with van der Waals surface area (Å²) in [4.78, 5) is 26.3. The molecule has 0 saturated carbocycles. The van der Waals surface area contributed by atoms with Gasteiger partial charge in [0.15, 0.2) is 0 Å².